The minimum absolute atomic E-state index is 0.0371. The summed E-state index contributed by atoms with van der Waals surface area (Å²) in [7, 11) is 3.31. The maximum Gasteiger partial charge on any atom is 0.167 e. The molecule has 0 fully saturated rings. The summed E-state index contributed by atoms with van der Waals surface area (Å²) in [6.07, 6.45) is 4.29. The number of benzene rings is 1. The molecular weight excluding hydrogens is 192 g/mol. The topological polar surface area (TPSA) is 27.7 Å². The monoisotopic (exact) mass is 204 g/mol. The van der Waals surface area contributed by atoms with Gasteiger partial charge >= 0.3 is 0 Å². The van der Waals surface area contributed by atoms with Crippen molar-refractivity contribution < 1.29 is 14.2 Å². The summed E-state index contributed by atoms with van der Waals surface area (Å²) in [5, 5.41) is 0. The summed E-state index contributed by atoms with van der Waals surface area (Å²) in [4.78, 5) is 0. The van der Waals surface area contributed by atoms with Crippen molar-refractivity contribution in [3.05, 3.63) is 35.4 Å². The van der Waals surface area contributed by atoms with Crippen molar-refractivity contribution in [2.75, 3.05) is 14.2 Å². The predicted octanol–water partition coefficient (Wildman–Crippen LogP) is 2.39. The number of hydrogen-bond donors (Lipinski definition) is 0. The highest BCUT2D eigenvalue weighted by atomic mass is 16.5. The van der Waals surface area contributed by atoms with Gasteiger partial charge in [0.25, 0.3) is 0 Å². The van der Waals surface area contributed by atoms with Gasteiger partial charge in [0.1, 0.15) is 12.2 Å². The molecule has 78 valence electrons. The fourth-order valence-electron chi connectivity index (χ4n) is 2.30. The lowest BCUT2D eigenvalue weighted by Gasteiger charge is -2.15. The lowest BCUT2D eigenvalue weighted by Crippen LogP contribution is -2.00. The van der Waals surface area contributed by atoms with Crippen molar-refractivity contribution in [2.24, 2.45) is 0 Å². The molecule has 1 aromatic rings. The summed E-state index contributed by atoms with van der Waals surface area (Å²) < 4.78 is 16.4. The van der Waals surface area contributed by atoms with Crippen LogP contribution in [0.4, 0.5) is 0 Å². The molecule has 2 aliphatic heterocycles. The van der Waals surface area contributed by atoms with Crippen molar-refractivity contribution in [1.29, 1.82) is 0 Å². The predicted molar refractivity (Wildman–Crippen MR) is 55.3 cm³/mol. The summed E-state index contributed by atoms with van der Waals surface area (Å²) >= 11 is 0. The molecule has 0 spiro atoms. The van der Waals surface area contributed by atoms with Gasteiger partial charge in [-0.2, -0.15) is 0 Å². The van der Waals surface area contributed by atoms with Crippen LogP contribution in [0.2, 0.25) is 0 Å². The van der Waals surface area contributed by atoms with Crippen LogP contribution in [0.3, 0.4) is 0 Å². The zero-order valence-corrected chi connectivity index (χ0v) is 8.69. The van der Waals surface area contributed by atoms with Crippen LogP contribution in [0.15, 0.2) is 24.3 Å². The maximum atomic E-state index is 5.74. The van der Waals surface area contributed by atoms with Crippen molar-refractivity contribution in [3.63, 3.8) is 0 Å². The minimum atomic E-state index is 0.0371. The lowest BCUT2D eigenvalue weighted by atomic mass is 9.95. The highest BCUT2D eigenvalue weighted by Crippen LogP contribution is 2.52. The van der Waals surface area contributed by atoms with Crippen LogP contribution in [0.5, 0.6) is 11.5 Å². The Hall–Kier alpha value is -1.48. The minimum Gasteiger partial charge on any atom is -0.493 e. The molecule has 15 heavy (non-hydrogen) atoms. The van der Waals surface area contributed by atoms with Crippen LogP contribution in [-0.4, -0.2) is 14.2 Å². The van der Waals surface area contributed by atoms with Crippen LogP contribution in [-0.2, 0) is 4.74 Å². The van der Waals surface area contributed by atoms with Crippen molar-refractivity contribution in [1.82, 2.24) is 0 Å². The van der Waals surface area contributed by atoms with Crippen molar-refractivity contribution >= 4 is 0 Å². The van der Waals surface area contributed by atoms with Gasteiger partial charge in [-0.1, -0.05) is 18.2 Å². The maximum absolute atomic E-state index is 5.74. The standard InChI is InChI=1S/C12H12O3/c1-13-10-4-3-7-8-5-6-9(15-8)11(7)12(10)14-2/h3-6,8-9H,1-2H3. The number of rotatable bonds is 2. The summed E-state index contributed by atoms with van der Waals surface area (Å²) in [5.41, 5.74) is 2.31. The Balaban J connectivity index is 2.21. The van der Waals surface area contributed by atoms with Gasteiger partial charge in [0.15, 0.2) is 11.5 Å². The second kappa shape index (κ2) is 3.00. The van der Waals surface area contributed by atoms with E-state index < -0.39 is 0 Å². The molecule has 2 unspecified atom stereocenters. The molecule has 2 heterocycles. The van der Waals surface area contributed by atoms with E-state index in [1.807, 2.05) is 12.1 Å². The molecule has 0 radical (unpaired) electrons. The summed E-state index contributed by atoms with van der Waals surface area (Å²) in [6, 6.07) is 3.97. The number of hydrogen-bond acceptors (Lipinski definition) is 3. The third-order valence-electron chi connectivity index (χ3n) is 2.96. The third-order valence-corrected chi connectivity index (χ3v) is 2.96. The lowest BCUT2D eigenvalue weighted by molar-refractivity contribution is 0.0869. The average molecular weight is 204 g/mol. The third kappa shape index (κ3) is 1.04. The van der Waals surface area contributed by atoms with Crippen LogP contribution in [0.25, 0.3) is 0 Å². The van der Waals surface area contributed by atoms with Gasteiger partial charge in [-0.25, -0.2) is 0 Å². The smallest absolute Gasteiger partial charge is 0.167 e. The molecule has 1 aromatic carbocycles. The van der Waals surface area contributed by atoms with E-state index in [1.165, 1.54) is 5.56 Å². The summed E-state index contributed by atoms with van der Waals surface area (Å²) in [5.74, 6) is 1.56. The van der Waals surface area contributed by atoms with Gasteiger partial charge in [0.2, 0.25) is 0 Å². The van der Waals surface area contributed by atoms with E-state index in [0.29, 0.717) is 0 Å². The first kappa shape index (κ1) is 8.80. The fraction of sp³-hybridized carbons (Fsp3) is 0.333. The Morgan fingerprint density at radius 2 is 1.87 bits per heavy atom. The molecule has 0 saturated heterocycles. The molecule has 0 aromatic heterocycles. The average Bonchev–Trinajstić information content (AvgIpc) is 2.88. The molecule has 0 aliphatic carbocycles. The molecule has 2 aliphatic rings. The molecule has 2 bridgehead atoms. The fourth-order valence-corrected chi connectivity index (χ4v) is 2.30. The molecule has 0 saturated carbocycles. The van der Waals surface area contributed by atoms with Gasteiger partial charge < -0.3 is 14.2 Å². The van der Waals surface area contributed by atoms with Crippen LogP contribution in [0, 0.1) is 0 Å². The largest absolute Gasteiger partial charge is 0.493 e. The quantitative estimate of drug-likeness (QED) is 0.692. The van der Waals surface area contributed by atoms with E-state index in [1.54, 1.807) is 14.2 Å². The van der Waals surface area contributed by atoms with Gasteiger partial charge in [-0.3, -0.25) is 0 Å². The molecule has 3 nitrogen and oxygen atoms in total. The number of methoxy groups -OCH3 is 2. The molecule has 2 atom stereocenters. The second-order valence-electron chi connectivity index (χ2n) is 3.67. The van der Waals surface area contributed by atoms with E-state index in [2.05, 4.69) is 12.2 Å². The molecular formula is C12H12O3. The SMILES string of the molecule is COc1ccc2c(c1OC)C1C=CC2O1. The Morgan fingerprint density at radius 1 is 1.07 bits per heavy atom. The van der Waals surface area contributed by atoms with Gasteiger partial charge in [-0.05, 0) is 11.6 Å². The van der Waals surface area contributed by atoms with Crippen LogP contribution < -0.4 is 9.47 Å². The highest BCUT2D eigenvalue weighted by molar-refractivity contribution is 5.57. The van der Waals surface area contributed by atoms with Crippen LogP contribution >= 0.6 is 0 Å². The first-order valence-corrected chi connectivity index (χ1v) is 4.93. The van der Waals surface area contributed by atoms with Crippen LogP contribution in [0.1, 0.15) is 23.3 Å². The zero-order chi connectivity index (χ0) is 10.4. The first-order valence-electron chi connectivity index (χ1n) is 4.93. The Bertz CT molecular complexity index is 437. The molecule has 3 heteroatoms. The van der Waals surface area contributed by atoms with E-state index in [4.69, 9.17) is 14.2 Å². The highest BCUT2D eigenvalue weighted by Gasteiger charge is 2.37. The van der Waals surface area contributed by atoms with E-state index in [9.17, 15) is 0 Å². The number of ether oxygens (including phenoxy) is 3. The molecule has 0 N–H and O–H groups in total. The second-order valence-corrected chi connectivity index (χ2v) is 3.67. The van der Waals surface area contributed by atoms with E-state index in [0.717, 1.165) is 17.1 Å². The van der Waals surface area contributed by atoms with E-state index in [-0.39, 0.29) is 12.2 Å². The van der Waals surface area contributed by atoms with Crippen molar-refractivity contribution in [2.45, 2.75) is 12.2 Å². The number of fused-ring (bicyclic) bond motifs is 5. The van der Waals surface area contributed by atoms with E-state index >= 15 is 0 Å². The Kier molecular flexibility index (Phi) is 1.76. The first-order chi connectivity index (χ1) is 7.35. The van der Waals surface area contributed by atoms with Gasteiger partial charge in [0, 0.05) is 5.56 Å². The van der Waals surface area contributed by atoms with Gasteiger partial charge in [0.05, 0.1) is 14.2 Å². The van der Waals surface area contributed by atoms with Gasteiger partial charge in [-0.15, -0.1) is 0 Å². The Labute approximate surface area is 88.3 Å². The Morgan fingerprint density at radius 3 is 2.60 bits per heavy atom. The van der Waals surface area contributed by atoms with Crippen molar-refractivity contribution in [3.8, 4) is 11.5 Å². The molecule has 0 amide bonds. The normalized spacial score (nSPS) is 25.5. The zero-order valence-electron chi connectivity index (χ0n) is 8.69. The summed E-state index contributed by atoms with van der Waals surface area (Å²) in [6.45, 7) is 0. The molecule has 3 rings (SSSR count).